The van der Waals surface area contributed by atoms with E-state index < -0.39 is 0 Å². The number of carbonyl (C=O) groups is 1. The quantitative estimate of drug-likeness (QED) is 0.663. The molecule has 1 aliphatic rings. The molecule has 0 aliphatic carbocycles. The van der Waals surface area contributed by atoms with Crippen molar-refractivity contribution in [1.29, 1.82) is 0 Å². The summed E-state index contributed by atoms with van der Waals surface area (Å²) in [5, 5.41) is 5.97. The molecular weight excluding hydrogens is 216 g/mol. The Balaban J connectivity index is 0.00000196. The number of hydrogen-bond donors (Lipinski definition) is 2. The average molecular weight is 237 g/mol. The van der Waals surface area contributed by atoms with Gasteiger partial charge in [-0.3, -0.25) is 4.79 Å². The molecule has 4 nitrogen and oxygen atoms in total. The Labute approximate surface area is 97.5 Å². The molecule has 0 aromatic heterocycles. The number of amides is 1. The van der Waals surface area contributed by atoms with E-state index in [0.717, 1.165) is 32.7 Å². The smallest absolute Gasteiger partial charge is 0.225 e. The van der Waals surface area contributed by atoms with Gasteiger partial charge < -0.3 is 15.4 Å². The highest BCUT2D eigenvalue weighted by Gasteiger charge is 2.23. The number of nitrogens with one attached hydrogen (secondary N) is 2. The van der Waals surface area contributed by atoms with Crippen molar-refractivity contribution in [3.63, 3.8) is 0 Å². The maximum absolute atomic E-state index is 11.3. The fourth-order valence-electron chi connectivity index (χ4n) is 1.22. The second-order valence-electron chi connectivity index (χ2n) is 3.92. The van der Waals surface area contributed by atoms with Crippen LogP contribution in [0.1, 0.15) is 20.3 Å². The zero-order valence-corrected chi connectivity index (χ0v) is 10.2. The molecule has 90 valence electrons. The molecule has 1 rings (SSSR count). The lowest BCUT2D eigenvalue weighted by atomic mass is 10.0. The third-order valence-corrected chi connectivity index (χ3v) is 2.22. The minimum Gasteiger partial charge on any atom is -0.379 e. The molecule has 1 heterocycles. The van der Waals surface area contributed by atoms with Crippen molar-refractivity contribution < 1.29 is 9.53 Å². The van der Waals surface area contributed by atoms with Gasteiger partial charge in [0.2, 0.25) is 5.91 Å². The summed E-state index contributed by atoms with van der Waals surface area (Å²) in [6.07, 6.45) is 1.17. The van der Waals surface area contributed by atoms with Crippen LogP contribution in [0.5, 0.6) is 0 Å². The van der Waals surface area contributed by atoms with E-state index in [0.29, 0.717) is 0 Å². The van der Waals surface area contributed by atoms with Gasteiger partial charge in [0.25, 0.3) is 0 Å². The second-order valence-corrected chi connectivity index (χ2v) is 3.92. The minimum absolute atomic E-state index is 0. The van der Waals surface area contributed by atoms with E-state index in [2.05, 4.69) is 10.6 Å². The van der Waals surface area contributed by atoms with E-state index in [-0.39, 0.29) is 30.3 Å². The first-order valence-electron chi connectivity index (χ1n) is 5.30. The monoisotopic (exact) mass is 236 g/mol. The van der Waals surface area contributed by atoms with E-state index in [1.807, 2.05) is 13.8 Å². The molecule has 0 atom stereocenters. The molecule has 2 N–H and O–H groups in total. The SMILES string of the molecule is CC(C)OCCCNC(=O)C1CNC1.Cl. The molecule has 0 saturated carbocycles. The van der Waals surface area contributed by atoms with Crippen molar-refractivity contribution in [1.82, 2.24) is 10.6 Å². The lowest BCUT2D eigenvalue weighted by Gasteiger charge is -2.25. The summed E-state index contributed by atoms with van der Waals surface area (Å²) < 4.78 is 5.36. The molecule has 0 aromatic rings. The van der Waals surface area contributed by atoms with Gasteiger partial charge in [0.1, 0.15) is 0 Å². The lowest BCUT2D eigenvalue weighted by molar-refractivity contribution is -0.126. The van der Waals surface area contributed by atoms with Crippen LogP contribution in [-0.2, 0) is 9.53 Å². The fourth-order valence-corrected chi connectivity index (χ4v) is 1.22. The summed E-state index contributed by atoms with van der Waals surface area (Å²) in [6.45, 7) is 7.13. The van der Waals surface area contributed by atoms with Crippen LogP contribution in [0.15, 0.2) is 0 Å². The molecule has 0 aromatic carbocycles. The first-order chi connectivity index (χ1) is 6.70. The van der Waals surface area contributed by atoms with Crippen molar-refractivity contribution in [2.45, 2.75) is 26.4 Å². The van der Waals surface area contributed by atoms with Crippen molar-refractivity contribution in [2.24, 2.45) is 5.92 Å². The van der Waals surface area contributed by atoms with Crippen molar-refractivity contribution in [3.05, 3.63) is 0 Å². The van der Waals surface area contributed by atoms with Crippen LogP contribution < -0.4 is 10.6 Å². The summed E-state index contributed by atoms with van der Waals surface area (Å²) >= 11 is 0. The third-order valence-electron chi connectivity index (χ3n) is 2.22. The van der Waals surface area contributed by atoms with Gasteiger partial charge in [-0.05, 0) is 20.3 Å². The van der Waals surface area contributed by atoms with Crippen LogP contribution >= 0.6 is 12.4 Å². The molecule has 5 heteroatoms. The van der Waals surface area contributed by atoms with Gasteiger partial charge in [0.05, 0.1) is 12.0 Å². The molecule has 1 fully saturated rings. The molecule has 1 saturated heterocycles. The highest BCUT2D eigenvalue weighted by molar-refractivity contribution is 5.85. The Morgan fingerprint density at radius 2 is 2.20 bits per heavy atom. The van der Waals surface area contributed by atoms with Gasteiger partial charge >= 0.3 is 0 Å². The molecule has 0 spiro atoms. The van der Waals surface area contributed by atoms with Crippen LogP contribution in [0.2, 0.25) is 0 Å². The normalized spacial score (nSPS) is 15.7. The Bertz CT molecular complexity index is 184. The molecule has 0 unspecified atom stereocenters. The van der Waals surface area contributed by atoms with E-state index in [4.69, 9.17) is 4.74 Å². The molecule has 0 bridgehead atoms. The van der Waals surface area contributed by atoms with Gasteiger partial charge in [-0.25, -0.2) is 0 Å². The maximum Gasteiger partial charge on any atom is 0.225 e. The van der Waals surface area contributed by atoms with Crippen molar-refractivity contribution >= 4 is 18.3 Å². The van der Waals surface area contributed by atoms with Gasteiger partial charge in [-0.15, -0.1) is 12.4 Å². The van der Waals surface area contributed by atoms with E-state index >= 15 is 0 Å². The predicted molar refractivity (Wildman–Crippen MR) is 62.3 cm³/mol. The van der Waals surface area contributed by atoms with E-state index in [1.54, 1.807) is 0 Å². The van der Waals surface area contributed by atoms with Gasteiger partial charge in [0.15, 0.2) is 0 Å². The highest BCUT2D eigenvalue weighted by Crippen LogP contribution is 2.01. The molecule has 1 aliphatic heterocycles. The molecule has 15 heavy (non-hydrogen) atoms. The number of hydrogen-bond acceptors (Lipinski definition) is 3. The van der Waals surface area contributed by atoms with E-state index in [1.165, 1.54) is 0 Å². The molecule has 0 radical (unpaired) electrons. The first kappa shape index (κ1) is 14.7. The van der Waals surface area contributed by atoms with Gasteiger partial charge in [-0.2, -0.15) is 0 Å². The Morgan fingerprint density at radius 1 is 1.53 bits per heavy atom. The summed E-state index contributed by atoms with van der Waals surface area (Å²) in [4.78, 5) is 11.3. The minimum atomic E-state index is 0. The van der Waals surface area contributed by atoms with Crippen LogP contribution in [0.4, 0.5) is 0 Å². The average Bonchev–Trinajstić information content (AvgIpc) is 1.99. The lowest BCUT2D eigenvalue weighted by Crippen LogP contribution is -2.50. The Kier molecular flexibility index (Phi) is 7.74. The third kappa shape index (κ3) is 5.97. The molecule has 1 amide bonds. The number of ether oxygens (including phenoxy) is 1. The predicted octanol–water partition coefficient (Wildman–Crippen LogP) is 0.559. The summed E-state index contributed by atoms with van der Waals surface area (Å²) in [5.74, 6) is 0.370. The number of halogens is 1. The number of rotatable bonds is 6. The van der Waals surface area contributed by atoms with Gasteiger partial charge in [0, 0.05) is 26.2 Å². The fraction of sp³-hybridized carbons (Fsp3) is 0.900. The standard InChI is InChI=1S/C10H20N2O2.ClH/c1-8(2)14-5-3-4-12-10(13)9-6-11-7-9;/h8-9,11H,3-7H2,1-2H3,(H,12,13);1H. The summed E-state index contributed by atoms with van der Waals surface area (Å²) in [5.41, 5.74) is 0. The molecular formula is C10H21ClN2O2. The number of carbonyl (C=O) groups excluding carboxylic acids is 1. The van der Waals surface area contributed by atoms with Gasteiger partial charge in [-0.1, -0.05) is 0 Å². The van der Waals surface area contributed by atoms with Crippen LogP contribution in [-0.4, -0.2) is 38.3 Å². The zero-order chi connectivity index (χ0) is 10.4. The van der Waals surface area contributed by atoms with Crippen molar-refractivity contribution in [2.75, 3.05) is 26.2 Å². The van der Waals surface area contributed by atoms with Crippen molar-refractivity contribution in [3.8, 4) is 0 Å². The summed E-state index contributed by atoms with van der Waals surface area (Å²) in [6, 6.07) is 0. The van der Waals surface area contributed by atoms with Crippen LogP contribution in [0.3, 0.4) is 0 Å². The largest absolute Gasteiger partial charge is 0.379 e. The second kappa shape index (κ2) is 7.91. The first-order valence-corrected chi connectivity index (χ1v) is 5.30. The Hall–Kier alpha value is -0.320. The van der Waals surface area contributed by atoms with E-state index in [9.17, 15) is 4.79 Å². The maximum atomic E-state index is 11.3. The Morgan fingerprint density at radius 3 is 2.67 bits per heavy atom. The summed E-state index contributed by atoms with van der Waals surface area (Å²) in [7, 11) is 0. The van der Waals surface area contributed by atoms with Crippen LogP contribution in [0, 0.1) is 5.92 Å². The topological polar surface area (TPSA) is 50.4 Å². The zero-order valence-electron chi connectivity index (χ0n) is 9.41. The highest BCUT2D eigenvalue weighted by atomic mass is 35.5. The van der Waals surface area contributed by atoms with Crippen LogP contribution in [0.25, 0.3) is 0 Å².